The molecule has 46 heavy (non-hydrogen) atoms. The fourth-order valence-electron chi connectivity index (χ4n) is 7.00. The van der Waals surface area contributed by atoms with Crippen LogP contribution in [0.25, 0.3) is 0 Å². The highest BCUT2D eigenvalue weighted by atomic mass is 16.2. The van der Waals surface area contributed by atoms with E-state index in [1.54, 1.807) is 0 Å². The molecule has 10 heteroatoms. The van der Waals surface area contributed by atoms with E-state index in [2.05, 4.69) is 67.0 Å². The summed E-state index contributed by atoms with van der Waals surface area (Å²) in [5, 5.41) is 5.91. The van der Waals surface area contributed by atoms with Gasteiger partial charge >= 0.3 is 12.1 Å². The first-order valence-electron chi connectivity index (χ1n) is 18.7. The zero-order valence-electron chi connectivity index (χ0n) is 30.2. The van der Waals surface area contributed by atoms with Gasteiger partial charge in [0.05, 0.1) is 0 Å². The summed E-state index contributed by atoms with van der Waals surface area (Å²) in [6, 6.07) is -0.975. The van der Waals surface area contributed by atoms with Crippen molar-refractivity contribution in [2.45, 2.75) is 188 Å². The van der Waals surface area contributed by atoms with Crippen LogP contribution in [0.3, 0.4) is 0 Å². The molecule has 1 rings (SSSR count). The molecule has 1 saturated carbocycles. The number of hydrogen-bond acceptors (Lipinski definition) is 4. The van der Waals surface area contributed by atoms with E-state index in [1.165, 1.54) is 77.0 Å². The third kappa shape index (κ3) is 22.1. The lowest BCUT2D eigenvalue weighted by molar-refractivity contribution is -0.122. The molecule has 0 spiro atoms. The summed E-state index contributed by atoms with van der Waals surface area (Å²) in [6.45, 7) is 11.3. The lowest BCUT2D eigenvalue weighted by Gasteiger charge is -2.46. The van der Waals surface area contributed by atoms with Crippen molar-refractivity contribution in [3.8, 4) is 0 Å². The Kier molecular flexibility index (Phi) is 22.2. The number of rotatable bonds is 23. The number of nitrogens with one attached hydrogen (secondary N) is 6. The summed E-state index contributed by atoms with van der Waals surface area (Å²) >= 11 is 0. The summed E-state index contributed by atoms with van der Waals surface area (Å²) in [5.74, 6) is -0.360. The topological polar surface area (TPSA) is 140 Å². The van der Waals surface area contributed by atoms with Gasteiger partial charge < -0.3 is 10.6 Å². The summed E-state index contributed by atoms with van der Waals surface area (Å²) in [5.41, 5.74) is 9.72. The predicted molar refractivity (Wildman–Crippen MR) is 188 cm³/mol. The number of hydrogen-bond donors (Lipinski definition) is 6. The quantitative estimate of drug-likeness (QED) is 0.0491. The molecule has 2 atom stereocenters. The molecule has 0 aromatic rings. The van der Waals surface area contributed by atoms with Gasteiger partial charge in [-0.1, -0.05) is 137 Å². The zero-order chi connectivity index (χ0) is 34.1. The summed E-state index contributed by atoms with van der Waals surface area (Å²) in [6.07, 6.45) is 24.5. The Morgan fingerprint density at radius 2 is 0.957 bits per heavy atom. The van der Waals surface area contributed by atoms with Gasteiger partial charge in [0.15, 0.2) is 0 Å². The van der Waals surface area contributed by atoms with Crippen LogP contribution in [0.15, 0.2) is 0 Å². The van der Waals surface area contributed by atoms with Gasteiger partial charge in [-0.3, -0.25) is 20.4 Å². The van der Waals surface area contributed by atoms with E-state index in [4.69, 9.17) is 0 Å². The lowest BCUT2D eigenvalue weighted by Crippen LogP contribution is -2.55. The Hall–Kier alpha value is -2.52. The minimum absolute atomic E-state index is 0.0495. The standard InChI is InChI=1S/C36H70N6O4/c1-6-8-10-12-14-16-18-20-22-24-31(43)39-41-33(45)37-29-36(5)27-30(26-35(3,4)28-36)38-34(46)42-40-32(44)25-23-21-19-17-15-13-11-9-7-2/h30H,6-29H2,1-5H3,(H,39,43)(H,40,44)(H2,37,41,45)(H2,38,42,46). The van der Waals surface area contributed by atoms with Crippen LogP contribution in [0.2, 0.25) is 0 Å². The first kappa shape index (κ1) is 41.5. The number of unbranched alkanes of at least 4 members (excludes halogenated alkanes) is 16. The van der Waals surface area contributed by atoms with Crippen molar-refractivity contribution >= 4 is 23.9 Å². The minimum atomic E-state index is -0.443. The van der Waals surface area contributed by atoms with Crippen LogP contribution in [-0.4, -0.2) is 36.5 Å². The normalized spacial score (nSPS) is 18.8. The van der Waals surface area contributed by atoms with Crippen LogP contribution < -0.4 is 32.3 Å². The molecular formula is C36H70N6O4. The molecule has 10 nitrogen and oxygen atoms in total. The molecule has 1 aliphatic rings. The molecule has 0 aliphatic heterocycles. The maximum absolute atomic E-state index is 12.6. The van der Waals surface area contributed by atoms with E-state index in [-0.39, 0.29) is 28.7 Å². The van der Waals surface area contributed by atoms with Crippen molar-refractivity contribution < 1.29 is 19.2 Å². The van der Waals surface area contributed by atoms with E-state index in [9.17, 15) is 19.2 Å². The van der Waals surface area contributed by atoms with Gasteiger partial charge in [-0.15, -0.1) is 0 Å². The third-order valence-electron chi connectivity index (χ3n) is 9.10. The molecule has 1 fully saturated rings. The Balaban J connectivity index is 2.26. The maximum atomic E-state index is 12.6. The largest absolute Gasteiger partial charge is 0.336 e. The van der Waals surface area contributed by atoms with E-state index < -0.39 is 12.1 Å². The lowest BCUT2D eigenvalue weighted by atomic mass is 9.62. The third-order valence-corrected chi connectivity index (χ3v) is 9.10. The van der Waals surface area contributed by atoms with Crippen LogP contribution in [0, 0.1) is 10.8 Å². The Morgan fingerprint density at radius 1 is 0.543 bits per heavy atom. The molecular weight excluding hydrogens is 580 g/mol. The second-order valence-electron chi connectivity index (χ2n) is 14.9. The van der Waals surface area contributed by atoms with E-state index in [1.807, 2.05) is 0 Å². The molecule has 6 amide bonds. The fourth-order valence-corrected chi connectivity index (χ4v) is 7.00. The highest BCUT2D eigenvalue weighted by Crippen LogP contribution is 2.45. The maximum Gasteiger partial charge on any atom is 0.333 e. The number of hydrazine groups is 2. The molecule has 1 aliphatic carbocycles. The van der Waals surface area contributed by atoms with Gasteiger partial charge in [0.1, 0.15) is 0 Å². The molecule has 0 aromatic carbocycles. The highest BCUT2D eigenvalue weighted by molar-refractivity contribution is 5.81. The number of carbonyl (C=O) groups excluding carboxylic acids is 4. The SMILES string of the molecule is CCCCCCCCCCCC(=O)NNC(=O)NCC1(C)CC(NC(=O)NNC(=O)CCCCCCCCCCC)CC(C)(C)C1. The molecule has 6 N–H and O–H groups in total. The van der Waals surface area contributed by atoms with Crippen LogP contribution >= 0.6 is 0 Å². The van der Waals surface area contributed by atoms with Gasteiger partial charge in [0, 0.05) is 25.4 Å². The summed E-state index contributed by atoms with van der Waals surface area (Å²) < 4.78 is 0. The first-order valence-corrected chi connectivity index (χ1v) is 18.7. The summed E-state index contributed by atoms with van der Waals surface area (Å²) in [7, 11) is 0. The van der Waals surface area contributed by atoms with Crippen molar-refractivity contribution in [3.63, 3.8) is 0 Å². The van der Waals surface area contributed by atoms with Gasteiger partial charge in [-0.2, -0.15) is 0 Å². The summed E-state index contributed by atoms with van der Waals surface area (Å²) in [4.78, 5) is 49.4. The van der Waals surface area contributed by atoms with Crippen LogP contribution in [-0.2, 0) is 9.59 Å². The van der Waals surface area contributed by atoms with Crippen molar-refractivity contribution in [2.24, 2.45) is 10.8 Å². The Morgan fingerprint density at radius 3 is 1.41 bits per heavy atom. The van der Waals surface area contributed by atoms with Crippen LogP contribution in [0.5, 0.6) is 0 Å². The average Bonchev–Trinajstić information content (AvgIpc) is 2.99. The van der Waals surface area contributed by atoms with Crippen molar-refractivity contribution in [1.29, 1.82) is 0 Å². The zero-order valence-corrected chi connectivity index (χ0v) is 30.2. The van der Waals surface area contributed by atoms with E-state index in [0.29, 0.717) is 25.8 Å². The van der Waals surface area contributed by atoms with Gasteiger partial charge in [0.2, 0.25) is 11.8 Å². The van der Waals surface area contributed by atoms with Crippen LogP contribution in [0.1, 0.15) is 182 Å². The average molecular weight is 651 g/mol. The number of amides is 6. The molecule has 0 saturated heterocycles. The minimum Gasteiger partial charge on any atom is -0.336 e. The van der Waals surface area contributed by atoms with Crippen molar-refractivity contribution in [3.05, 3.63) is 0 Å². The molecule has 268 valence electrons. The molecule has 2 unspecified atom stereocenters. The van der Waals surface area contributed by atoms with E-state index >= 15 is 0 Å². The van der Waals surface area contributed by atoms with E-state index in [0.717, 1.165) is 51.4 Å². The Labute approximate surface area is 280 Å². The number of carbonyl (C=O) groups is 4. The second-order valence-corrected chi connectivity index (χ2v) is 14.9. The Bertz CT molecular complexity index is 867. The molecule has 0 radical (unpaired) electrons. The monoisotopic (exact) mass is 651 g/mol. The van der Waals surface area contributed by atoms with Gasteiger partial charge in [0.25, 0.3) is 0 Å². The molecule has 0 heterocycles. The van der Waals surface area contributed by atoms with Crippen LogP contribution in [0.4, 0.5) is 9.59 Å². The highest BCUT2D eigenvalue weighted by Gasteiger charge is 2.42. The first-order chi connectivity index (χ1) is 22.0. The fraction of sp³-hybridized carbons (Fsp3) is 0.889. The molecule has 0 aromatic heterocycles. The molecule has 0 bridgehead atoms. The second kappa shape index (κ2) is 24.6. The van der Waals surface area contributed by atoms with Crippen molar-refractivity contribution in [1.82, 2.24) is 32.3 Å². The van der Waals surface area contributed by atoms with Gasteiger partial charge in [-0.25, -0.2) is 20.4 Å². The smallest absolute Gasteiger partial charge is 0.333 e. The predicted octanol–water partition coefficient (Wildman–Crippen LogP) is 8.07. The number of urea groups is 2. The van der Waals surface area contributed by atoms with Gasteiger partial charge in [-0.05, 0) is 42.9 Å². The van der Waals surface area contributed by atoms with Crippen molar-refractivity contribution in [2.75, 3.05) is 6.54 Å².